The first kappa shape index (κ1) is 13.6. The second-order valence-electron chi connectivity index (χ2n) is 5.96. The molecule has 2 N–H and O–H groups in total. The number of hydrogen-bond donors (Lipinski definition) is 1. The van der Waals surface area contributed by atoms with Crippen LogP contribution in [0.4, 0.5) is 0 Å². The van der Waals surface area contributed by atoms with Gasteiger partial charge < -0.3 is 5.73 Å². The lowest BCUT2D eigenvalue weighted by atomic mass is 10.0. The first-order valence-electron chi connectivity index (χ1n) is 7.00. The van der Waals surface area contributed by atoms with Crippen LogP contribution in [0.5, 0.6) is 0 Å². The molecule has 0 amide bonds. The van der Waals surface area contributed by atoms with Crippen LogP contribution in [0.25, 0.3) is 0 Å². The molecule has 0 aromatic carbocycles. The zero-order valence-corrected chi connectivity index (χ0v) is 12.1. The van der Waals surface area contributed by atoms with Crippen molar-refractivity contribution >= 4 is 0 Å². The molecule has 4 nitrogen and oxygen atoms in total. The Kier molecular flexibility index (Phi) is 4.07. The molecular formula is C14H26N4. The highest BCUT2D eigenvalue weighted by Crippen LogP contribution is 2.22. The molecule has 1 saturated heterocycles. The van der Waals surface area contributed by atoms with E-state index in [0.29, 0.717) is 18.0 Å². The molecule has 0 spiro atoms. The average Bonchev–Trinajstić information content (AvgIpc) is 2.87. The number of nitrogens with zero attached hydrogens (tertiary/aromatic N) is 3. The van der Waals surface area contributed by atoms with Crippen molar-refractivity contribution in [2.75, 3.05) is 13.1 Å². The summed E-state index contributed by atoms with van der Waals surface area (Å²) in [6.45, 7) is 11.9. The van der Waals surface area contributed by atoms with Gasteiger partial charge in [-0.05, 0) is 46.6 Å². The lowest BCUT2D eigenvalue weighted by Crippen LogP contribution is -2.29. The quantitative estimate of drug-likeness (QED) is 0.888. The van der Waals surface area contributed by atoms with Gasteiger partial charge in [-0.1, -0.05) is 0 Å². The van der Waals surface area contributed by atoms with Crippen LogP contribution < -0.4 is 5.73 Å². The predicted molar refractivity (Wildman–Crippen MR) is 74.4 cm³/mol. The number of nitrogens with two attached hydrogens (primary N) is 1. The molecule has 102 valence electrons. The molecular weight excluding hydrogens is 224 g/mol. The van der Waals surface area contributed by atoms with E-state index >= 15 is 0 Å². The second-order valence-corrected chi connectivity index (χ2v) is 5.96. The Bertz CT molecular complexity index is 394. The fourth-order valence-electron chi connectivity index (χ4n) is 2.62. The minimum atomic E-state index is 0.314. The summed E-state index contributed by atoms with van der Waals surface area (Å²) < 4.78 is 2.06. The average molecular weight is 250 g/mol. The lowest BCUT2D eigenvalue weighted by Gasteiger charge is -2.17. The summed E-state index contributed by atoms with van der Waals surface area (Å²) in [6.07, 6.45) is 3.42. The molecule has 2 unspecified atom stereocenters. The highest BCUT2D eigenvalue weighted by atomic mass is 15.3. The Balaban J connectivity index is 1.98. The molecule has 1 aromatic heterocycles. The van der Waals surface area contributed by atoms with Crippen LogP contribution >= 0.6 is 0 Å². The van der Waals surface area contributed by atoms with Crippen molar-refractivity contribution in [2.24, 2.45) is 11.7 Å². The van der Waals surface area contributed by atoms with E-state index in [9.17, 15) is 0 Å². The summed E-state index contributed by atoms with van der Waals surface area (Å²) >= 11 is 0. The van der Waals surface area contributed by atoms with Gasteiger partial charge in [0.15, 0.2) is 0 Å². The van der Waals surface area contributed by atoms with Gasteiger partial charge in [0, 0.05) is 36.9 Å². The van der Waals surface area contributed by atoms with Crippen LogP contribution in [0.2, 0.25) is 0 Å². The maximum Gasteiger partial charge on any atom is 0.0638 e. The fraction of sp³-hybridized carbons (Fsp3) is 0.786. The van der Waals surface area contributed by atoms with Crippen LogP contribution in [0.3, 0.4) is 0 Å². The number of aryl methyl sites for hydroxylation is 1. The van der Waals surface area contributed by atoms with Crippen LogP contribution in [0.15, 0.2) is 6.20 Å². The number of aromatic nitrogens is 2. The second kappa shape index (κ2) is 5.41. The summed E-state index contributed by atoms with van der Waals surface area (Å²) in [6, 6.07) is 0.752. The molecule has 18 heavy (non-hydrogen) atoms. The van der Waals surface area contributed by atoms with Crippen LogP contribution in [0.1, 0.15) is 44.5 Å². The van der Waals surface area contributed by atoms with Gasteiger partial charge in [0.2, 0.25) is 0 Å². The first-order valence-corrected chi connectivity index (χ1v) is 7.00. The molecule has 0 aliphatic carbocycles. The summed E-state index contributed by atoms with van der Waals surface area (Å²) in [4.78, 5) is 2.50. The molecule has 1 aromatic rings. The van der Waals surface area contributed by atoms with Crippen LogP contribution in [-0.2, 0) is 6.54 Å². The smallest absolute Gasteiger partial charge is 0.0638 e. The van der Waals surface area contributed by atoms with Gasteiger partial charge in [-0.25, -0.2) is 0 Å². The van der Waals surface area contributed by atoms with E-state index in [-0.39, 0.29) is 0 Å². The van der Waals surface area contributed by atoms with E-state index in [1.165, 1.54) is 18.5 Å². The Morgan fingerprint density at radius 1 is 1.44 bits per heavy atom. The normalized spacial score (nSPS) is 22.9. The van der Waals surface area contributed by atoms with Crippen molar-refractivity contribution in [2.45, 2.75) is 52.7 Å². The van der Waals surface area contributed by atoms with Crippen molar-refractivity contribution in [3.63, 3.8) is 0 Å². The largest absolute Gasteiger partial charge is 0.328 e. The summed E-state index contributed by atoms with van der Waals surface area (Å²) in [7, 11) is 0. The highest BCUT2D eigenvalue weighted by molar-refractivity contribution is 5.15. The SMILES string of the molecule is Cc1nn(C(C)C)cc1CN1CCC(C(C)N)C1. The zero-order chi connectivity index (χ0) is 13.3. The van der Waals surface area contributed by atoms with Crippen molar-refractivity contribution in [1.29, 1.82) is 0 Å². The number of rotatable bonds is 4. The van der Waals surface area contributed by atoms with E-state index in [2.05, 4.69) is 48.6 Å². The van der Waals surface area contributed by atoms with E-state index in [1.54, 1.807) is 0 Å². The molecule has 1 aliphatic rings. The van der Waals surface area contributed by atoms with Crippen molar-refractivity contribution in [1.82, 2.24) is 14.7 Å². The van der Waals surface area contributed by atoms with E-state index in [0.717, 1.165) is 18.8 Å². The minimum absolute atomic E-state index is 0.314. The maximum atomic E-state index is 5.98. The first-order chi connectivity index (χ1) is 8.47. The summed E-state index contributed by atoms with van der Waals surface area (Å²) in [5.41, 5.74) is 8.50. The fourth-order valence-corrected chi connectivity index (χ4v) is 2.62. The molecule has 2 heterocycles. The number of hydrogen-bond acceptors (Lipinski definition) is 3. The third-order valence-corrected chi connectivity index (χ3v) is 3.99. The molecule has 0 bridgehead atoms. The molecule has 2 atom stereocenters. The van der Waals surface area contributed by atoms with Gasteiger partial charge in [0.1, 0.15) is 0 Å². The van der Waals surface area contributed by atoms with Gasteiger partial charge in [0.05, 0.1) is 5.69 Å². The van der Waals surface area contributed by atoms with Crippen molar-refractivity contribution < 1.29 is 0 Å². The Morgan fingerprint density at radius 3 is 2.67 bits per heavy atom. The zero-order valence-electron chi connectivity index (χ0n) is 12.1. The van der Waals surface area contributed by atoms with Gasteiger partial charge in [-0.2, -0.15) is 5.10 Å². The van der Waals surface area contributed by atoms with E-state index < -0.39 is 0 Å². The maximum absolute atomic E-state index is 5.98. The minimum Gasteiger partial charge on any atom is -0.328 e. The molecule has 2 rings (SSSR count). The molecule has 1 fully saturated rings. The predicted octanol–water partition coefficient (Wildman–Crippen LogP) is 1.94. The lowest BCUT2D eigenvalue weighted by molar-refractivity contribution is 0.308. The molecule has 4 heteroatoms. The third kappa shape index (κ3) is 2.93. The standard InChI is InChI=1S/C14H26N4/c1-10(2)18-9-14(12(4)16-18)8-17-6-5-13(7-17)11(3)15/h9-11,13H,5-8,15H2,1-4H3. The monoisotopic (exact) mass is 250 g/mol. The molecule has 1 aliphatic heterocycles. The Labute approximate surface area is 110 Å². The third-order valence-electron chi connectivity index (χ3n) is 3.99. The topological polar surface area (TPSA) is 47.1 Å². The van der Waals surface area contributed by atoms with Crippen molar-refractivity contribution in [3.8, 4) is 0 Å². The summed E-state index contributed by atoms with van der Waals surface area (Å²) in [5.74, 6) is 0.658. The van der Waals surface area contributed by atoms with E-state index in [4.69, 9.17) is 5.73 Å². The van der Waals surface area contributed by atoms with Gasteiger partial charge in [-0.3, -0.25) is 9.58 Å². The van der Waals surface area contributed by atoms with Gasteiger partial charge >= 0.3 is 0 Å². The van der Waals surface area contributed by atoms with Gasteiger partial charge in [-0.15, -0.1) is 0 Å². The number of likely N-dealkylation sites (tertiary alicyclic amines) is 1. The summed E-state index contributed by atoms with van der Waals surface area (Å²) in [5, 5.41) is 4.57. The van der Waals surface area contributed by atoms with Gasteiger partial charge in [0.25, 0.3) is 0 Å². The molecule has 0 saturated carbocycles. The van der Waals surface area contributed by atoms with Crippen LogP contribution in [-0.4, -0.2) is 33.8 Å². The van der Waals surface area contributed by atoms with Crippen LogP contribution in [0, 0.1) is 12.8 Å². The highest BCUT2D eigenvalue weighted by Gasteiger charge is 2.25. The van der Waals surface area contributed by atoms with Crippen molar-refractivity contribution in [3.05, 3.63) is 17.5 Å². The van der Waals surface area contributed by atoms with E-state index in [1.807, 2.05) is 0 Å². The molecule has 0 radical (unpaired) electrons. The Morgan fingerprint density at radius 2 is 2.17 bits per heavy atom. The Hall–Kier alpha value is -0.870.